The van der Waals surface area contributed by atoms with Crippen molar-refractivity contribution in [3.8, 4) is 0 Å². The Morgan fingerprint density at radius 2 is 2.00 bits per heavy atom. The van der Waals surface area contributed by atoms with E-state index in [1.54, 1.807) is 0 Å². The Bertz CT molecular complexity index is 452. The van der Waals surface area contributed by atoms with Gasteiger partial charge in [0.05, 0.1) is 0 Å². The molecule has 5 heteroatoms. The second kappa shape index (κ2) is 5.49. The molecule has 3 fully saturated rings. The lowest BCUT2D eigenvalue weighted by Crippen LogP contribution is -2.71. The Labute approximate surface area is 131 Å². The van der Waals surface area contributed by atoms with Gasteiger partial charge in [0.25, 0.3) is 0 Å². The minimum Gasteiger partial charge on any atom is -0.340 e. The van der Waals surface area contributed by atoms with Gasteiger partial charge in [-0.05, 0) is 51.2 Å². The Balaban J connectivity index is 1.87. The molecule has 0 aromatic carbocycles. The van der Waals surface area contributed by atoms with E-state index in [-0.39, 0.29) is 23.9 Å². The second-order valence-corrected chi connectivity index (χ2v) is 8.36. The van der Waals surface area contributed by atoms with Crippen LogP contribution in [0, 0.1) is 5.92 Å². The van der Waals surface area contributed by atoms with Gasteiger partial charge in [-0.3, -0.25) is 9.59 Å². The summed E-state index contributed by atoms with van der Waals surface area (Å²) in [7, 11) is 0. The molecule has 0 spiro atoms. The lowest BCUT2D eigenvalue weighted by Gasteiger charge is -2.47. The number of carbonyl (C=O) groups excluding carboxylic acids is 2. The molecule has 3 aliphatic rings. The molecule has 0 aromatic heterocycles. The van der Waals surface area contributed by atoms with Crippen molar-refractivity contribution in [2.75, 3.05) is 5.75 Å². The van der Waals surface area contributed by atoms with Gasteiger partial charge < -0.3 is 10.2 Å². The molecule has 2 amide bonds. The molecule has 0 aromatic rings. The highest BCUT2D eigenvalue weighted by Crippen LogP contribution is 2.44. The third-order valence-electron chi connectivity index (χ3n) is 5.41. The number of thioether (sulfide) groups is 1. The quantitative estimate of drug-likeness (QED) is 0.866. The number of rotatable bonds is 4. The van der Waals surface area contributed by atoms with Crippen molar-refractivity contribution >= 4 is 23.6 Å². The standard InChI is InChI=1S/C16H26N2O2S/c1-4-21-13-7-5-6-12(13)18-10(2)14(19)17-16(3,15(18)20)11-8-9-11/h10-13H,4-9H2,1-3H3,(H,17,19). The Hall–Kier alpha value is -0.710. The monoisotopic (exact) mass is 310 g/mol. The molecule has 118 valence electrons. The zero-order chi connectivity index (χ0) is 15.2. The number of hydrogen-bond donors (Lipinski definition) is 1. The molecule has 1 saturated heterocycles. The van der Waals surface area contributed by atoms with Crippen LogP contribution in [0.2, 0.25) is 0 Å². The summed E-state index contributed by atoms with van der Waals surface area (Å²) in [6, 6.07) is -0.0889. The van der Waals surface area contributed by atoms with Crippen molar-refractivity contribution in [3.05, 3.63) is 0 Å². The van der Waals surface area contributed by atoms with Crippen LogP contribution < -0.4 is 5.32 Å². The molecular weight excluding hydrogens is 284 g/mol. The van der Waals surface area contributed by atoms with Gasteiger partial charge in [0.1, 0.15) is 11.6 Å². The number of nitrogens with one attached hydrogen (secondary N) is 1. The molecule has 4 unspecified atom stereocenters. The van der Waals surface area contributed by atoms with E-state index in [4.69, 9.17) is 0 Å². The van der Waals surface area contributed by atoms with Crippen LogP contribution in [0.25, 0.3) is 0 Å². The van der Waals surface area contributed by atoms with Crippen molar-refractivity contribution in [2.45, 2.75) is 75.7 Å². The largest absolute Gasteiger partial charge is 0.340 e. The number of amides is 2. The molecule has 0 bridgehead atoms. The van der Waals surface area contributed by atoms with E-state index >= 15 is 0 Å². The molecule has 2 saturated carbocycles. The lowest BCUT2D eigenvalue weighted by atomic mass is 9.88. The van der Waals surface area contributed by atoms with Crippen LogP contribution in [-0.2, 0) is 9.59 Å². The first kappa shape index (κ1) is 15.2. The van der Waals surface area contributed by atoms with Gasteiger partial charge in [0.2, 0.25) is 11.8 Å². The SMILES string of the molecule is CCSC1CCCC1N1C(=O)C(C)(C2CC2)NC(=O)C1C. The topological polar surface area (TPSA) is 49.4 Å². The zero-order valence-electron chi connectivity index (χ0n) is 13.2. The van der Waals surface area contributed by atoms with Gasteiger partial charge in [0, 0.05) is 11.3 Å². The van der Waals surface area contributed by atoms with Crippen molar-refractivity contribution in [1.29, 1.82) is 0 Å². The molecule has 3 rings (SSSR count). The fourth-order valence-electron chi connectivity index (χ4n) is 3.99. The van der Waals surface area contributed by atoms with Crippen LogP contribution in [0.3, 0.4) is 0 Å². The molecular formula is C16H26N2O2S. The maximum absolute atomic E-state index is 13.1. The van der Waals surface area contributed by atoms with E-state index in [0.29, 0.717) is 11.2 Å². The molecule has 4 atom stereocenters. The van der Waals surface area contributed by atoms with E-state index in [0.717, 1.165) is 25.0 Å². The smallest absolute Gasteiger partial charge is 0.249 e. The van der Waals surface area contributed by atoms with Crippen LogP contribution in [0.5, 0.6) is 0 Å². The normalized spacial score (nSPS) is 40.5. The molecule has 0 radical (unpaired) electrons. The summed E-state index contributed by atoms with van der Waals surface area (Å²) in [5, 5.41) is 3.51. The molecule has 1 N–H and O–H groups in total. The summed E-state index contributed by atoms with van der Waals surface area (Å²) in [5.41, 5.74) is -0.659. The summed E-state index contributed by atoms with van der Waals surface area (Å²) < 4.78 is 0. The van der Waals surface area contributed by atoms with E-state index in [9.17, 15) is 9.59 Å². The van der Waals surface area contributed by atoms with Gasteiger partial charge in [-0.1, -0.05) is 13.3 Å². The van der Waals surface area contributed by atoms with Gasteiger partial charge in [0.15, 0.2) is 0 Å². The van der Waals surface area contributed by atoms with Crippen molar-refractivity contribution < 1.29 is 9.59 Å². The van der Waals surface area contributed by atoms with Gasteiger partial charge in [-0.15, -0.1) is 0 Å². The highest BCUT2D eigenvalue weighted by molar-refractivity contribution is 7.99. The highest BCUT2D eigenvalue weighted by Gasteiger charge is 2.56. The Morgan fingerprint density at radius 1 is 1.29 bits per heavy atom. The number of hydrogen-bond acceptors (Lipinski definition) is 3. The van der Waals surface area contributed by atoms with Crippen LogP contribution in [0.1, 0.15) is 52.9 Å². The average Bonchev–Trinajstić information content (AvgIpc) is 3.21. The zero-order valence-corrected chi connectivity index (χ0v) is 14.0. The van der Waals surface area contributed by atoms with Gasteiger partial charge in [-0.25, -0.2) is 0 Å². The summed E-state index contributed by atoms with van der Waals surface area (Å²) >= 11 is 1.94. The van der Waals surface area contributed by atoms with Crippen LogP contribution in [0.4, 0.5) is 0 Å². The summed E-state index contributed by atoms with van der Waals surface area (Å²) in [5.74, 6) is 1.59. The molecule has 1 heterocycles. The van der Waals surface area contributed by atoms with E-state index < -0.39 is 5.54 Å². The van der Waals surface area contributed by atoms with Crippen molar-refractivity contribution in [3.63, 3.8) is 0 Å². The Morgan fingerprint density at radius 3 is 2.62 bits per heavy atom. The van der Waals surface area contributed by atoms with Gasteiger partial charge >= 0.3 is 0 Å². The third kappa shape index (κ3) is 2.47. The fourth-order valence-corrected chi connectivity index (χ4v) is 5.24. The summed E-state index contributed by atoms with van der Waals surface area (Å²) in [6.45, 7) is 5.98. The first-order valence-corrected chi connectivity index (χ1v) is 9.30. The highest BCUT2D eigenvalue weighted by atomic mass is 32.2. The van der Waals surface area contributed by atoms with Crippen molar-refractivity contribution in [2.24, 2.45) is 5.92 Å². The minimum absolute atomic E-state index is 0.0242. The lowest BCUT2D eigenvalue weighted by molar-refractivity contribution is -0.157. The molecule has 1 aliphatic heterocycles. The molecule has 2 aliphatic carbocycles. The predicted molar refractivity (Wildman–Crippen MR) is 85.1 cm³/mol. The van der Waals surface area contributed by atoms with Crippen LogP contribution in [0.15, 0.2) is 0 Å². The number of nitrogens with zero attached hydrogens (tertiary/aromatic N) is 1. The molecule has 4 nitrogen and oxygen atoms in total. The van der Waals surface area contributed by atoms with E-state index in [1.807, 2.05) is 30.5 Å². The average molecular weight is 310 g/mol. The van der Waals surface area contributed by atoms with Gasteiger partial charge in [-0.2, -0.15) is 11.8 Å². The maximum atomic E-state index is 13.1. The summed E-state index contributed by atoms with van der Waals surface area (Å²) in [6.07, 6.45) is 5.49. The first-order chi connectivity index (χ1) is 9.99. The van der Waals surface area contributed by atoms with Crippen molar-refractivity contribution in [1.82, 2.24) is 10.2 Å². The predicted octanol–water partition coefficient (Wildman–Crippen LogP) is 2.18. The fraction of sp³-hybridized carbons (Fsp3) is 0.875. The third-order valence-corrected chi connectivity index (χ3v) is 6.72. The van der Waals surface area contributed by atoms with Crippen LogP contribution >= 0.6 is 11.8 Å². The molecule has 21 heavy (non-hydrogen) atoms. The minimum atomic E-state index is -0.659. The van der Waals surface area contributed by atoms with E-state index in [2.05, 4.69) is 12.2 Å². The number of carbonyl (C=O) groups is 2. The second-order valence-electron chi connectivity index (χ2n) is 6.85. The number of piperazine rings is 1. The van der Waals surface area contributed by atoms with Crippen LogP contribution in [-0.4, -0.2) is 45.3 Å². The summed E-state index contributed by atoms with van der Waals surface area (Å²) in [4.78, 5) is 27.5. The maximum Gasteiger partial charge on any atom is 0.249 e. The first-order valence-electron chi connectivity index (χ1n) is 8.25. The van der Waals surface area contributed by atoms with E-state index in [1.165, 1.54) is 12.8 Å². The Kier molecular flexibility index (Phi) is 3.97.